The molecule has 5 atom stereocenters. The average Bonchev–Trinajstić information content (AvgIpc) is 0.913. The first kappa shape index (κ1) is 101. The third kappa shape index (κ3) is 78.0. The lowest BCUT2D eigenvalue weighted by Gasteiger charge is -2.21. The van der Waals surface area contributed by atoms with Crippen molar-refractivity contribution in [3.63, 3.8) is 0 Å². The summed E-state index contributed by atoms with van der Waals surface area (Å²) in [6, 6.07) is 0. The van der Waals surface area contributed by atoms with Crippen LogP contribution in [0.1, 0.15) is 440 Å². The summed E-state index contributed by atoms with van der Waals surface area (Å²) in [5.74, 6) is 0.311. The normalized spacial score (nSPS) is 13.9. The van der Waals surface area contributed by atoms with Crippen molar-refractivity contribution in [2.45, 2.75) is 458 Å². The van der Waals surface area contributed by atoms with Crippen LogP contribution in [-0.4, -0.2) is 96.7 Å². The van der Waals surface area contributed by atoms with Gasteiger partial charge in [-0.25, -0.2) is 9.13 Å². The molecule has 17 nitrogen and oxygen atoms in total. The van der Waals surface area contributed by atoms with Gasteiger partial charge in [-0.3, -0.25) is 37.3 Å². The Labute approximate surface area is 632 Å². The summed E-state index contributed by atoms with van der Waals surface area (Å²) >= 11 is 0. The van der Waals surface area contributed by atoms with Crippen molar-refractivity contribution in [3.8, 4) is 0 Å². The van der Waals surface area contributed by atoms with Gasteiger partial charge < -0.3 is 33.8 Å². The van der Waals surface area contributed by atoms with E-state index in [-0.39, 0.29) is 25.7 Å². The van der Waals surface area contributed by atoms with Crippen LogP contribution in [-0.2, 0) is 65.4 Å². The molecule has 0 spiro atoms. The van der Waals surface area contributed by atoms with Gasteiger partial charge in [-0.1, -0.05) is 389 Å². The number of hydrogen-bond acceptors (Lipinski definition) is 15. The van der Waals surface area contributed by atoms with Crippen molar-refractivity contribution >= 4 is 39.5 Å². The Morgan fingerprint density at radius 1 is 0.262 bits per heavy atom. The standard InChI is InChI=1S/C84H164O17P2/c1-8-9-10-11-41-51-58-65-81(86)94-71-79(100-83(88)67-61-54-47-40-34-28-22-21-25-31-37-44-50-57-64-77(6)7)73-98-102(90,91)96-69-78(85)70-97-103(92,93)99-74-80(72-95-82(87)66-59-52-45-38-32-26-20-16-18-24-30-36-43-49-56-63-76(4)5)101-84(89)68-60-53-46-39-33-27-19-15-13-12-14-17-23-29-35-42-48-55-62-75(2)3/h75-80,85H,8-74H2,1-7H3,(H,90,91)(H,92,93)/t78-,79+,80+/m0/s1. The monoisotopic (exact) mass is 1510 g/mol. The van der Waals surface area contributed by atoms with Crippen molar-refractivity contribution in [2.75, 3.05) is 39.6 Å². The minimum absolute atomic E-state index is 0.107. The number of ether oxygens (including phenoxy) is 4. The number of aliphatic hydroxyl groups is 1. The van der Waals surface area contributed by atoms with Crippen LogP contribution < -0.4 is 0 Å². The van der Waals surface area contributed by atoms with Gasteiger partial charge in [0.2, 0.25) is 0 Å². The smallest absolute Gasteiger partial charge is 0.462 e. The summed E-state index contributed by atoms with van der Waals surface area (Å²) in [6.45, 7) is 12.0. The van der Waals surface area contributed by atoms with Crippen molar-refractivity contribution < 1.29 is 80.2 Å². The summed E-state index contributed by atoms with van der Waals surface area (Å²) in [5.41, 5.74) is 0. The molecule has 2 unspecified atom stereocenters. The van der Waals surface area contributed by atoms with Crippen molar-refractivity contribution in [1.29, 1.82) is 0 Å². The van der Waals surface area contributed by atoms with Gasteiger partial charge in [0.1, 0.15) is 19.3 Å². The molecule has 0 aromatic heterocycles. The molecule has 612 valence electrons. The SMILES string of the molecule is CCCCCCCCCC(=O)OC[C@H](COP(=O)(O)OC[C@H](O)COP(=O)(O)OC[C@@H](COC(=O)CCCCCCCCCCCCCCCCCC(C)C)OC(=O)CCCCCCCCCCCCCCCCCCCCC(C)C)OC(=O)CCCCCCCCCCCCCCCCC(C)C. The first-order valence-corrected chi connectivity index (χ1v) is 46.3. The van der Waals surface area contributed by atoms with E-state index < -0.39 is 97.5 Å². The molecular formula is C84H164O17P2. The van der Waals surface area contributed by atoms with E-state index in [4.69, 9.17) is 37.0 Å². The highest BCUT2D eigenvalue weighted by Crippen LogP contribution is 2.45. The zero-order valence-corrected chi connectivity index (χ0v) is 69.6. The molecule has 103 heavy (non-hydrogen) atoms. The lowest BCUT2D eigenvalue weighted by molar-refractivity contribution is -0.161. The summed E-state index contributed by atoms with van der Waals surface area (Å²) in [4.78, 5) is 73.0. The molecule has 19 heteroatoms. The Kier molecular flexibility index (Phi) is 72.8. The average molecular weight is 1510 g/mol. The number of esters is 4. The third-order valence-electron chi connectivity index (χ3n) is 19.6. The van der Waals surface area contributed by atoms with Crippen molar-refractivity contribution in [3.05, 3.63) is 0 Å². The molecule has 0 aliphatic rings. The molecule has 0 radical (unpaired) electrons. The predicted molar refractivity (Wildman–Crippen MR) is 423 cm³/mol. The maximum atomic E-state index is 13.1. The van der Waals surface area contributed by atoms with Gasteiger partial charge in [0.05, 0.1) is 26.4 Å². The molecule has 3 N–H and O–H groups in total. The molecule has 0 bridgehead atoms. The number of carbonyl (C=O) groups excluding carboxylic acids is 4. The number of phosphoric acid groups is 2. The first-order valence-electron chi connectivity index (χ1n) is 43.3. The van der Waals surface area contributed by atoms with E-state index in [1.807, 2.05) is 0 Å². The van der Waals surface area contributed by atoms with Crippen LogP contribution in [0.3, 0.4) is 0 Å². The Balaban J connectivity index is 5.17. The van der Waals surface area contributed by atoms with E-state index in [0.29, 0.717) is 25.7 Å². The molecule has 0 heterocycles. The van der Waals surface area contributed by atoms with Gasteiger partial charge in [0, 0.05) is 25.7 Å². The number of rotatable bonds is 82. The van der Waals surface area contributed by atoms with E-state index in [0.717, 1.165) is 120 Å². The van der Waals surface area contributed by atoms with Crippen LogP contribution in [0, 0.1) is 17.8 Å². The summed E-state index contributed by atoms with van der Waals surface area (Å²) < 4.78 is 68.7. The minimum Gasteiger partial charge on any atom is -0.462 e. The number of phosphoric ester groups is 2. The number of aliphatic hydroxyl groups excluding tert-OH is 1. The van der Waals surface area contributed by atoms with Crippen molar-refractivity contribution in [1.82, 2.24) is 0 Å². The largest absolute Gasteiger partial charge is 0.472 e. The van der Waals surface area contributed by atoms with Crippen LogP contribution in [0.15, 0.2) is 0 Å². The highest BCUT2D eigenvalue weighted by Gasteiger charge is 2.30. The lowest BCUT2D eigenvalue weighted by Crippen LogP contribution is -2.30. The van der Waals surface area contributed by atoms with E-state index in [1.165, 1.54) is 238 Å². The fourth-order valence-electron chi connectivity index (χ4n) is 13.0. The van der Waals surface area contributed by atoms with E-state index in [2.05, 4.69) is 48.5 Å². The first-order chi connectivity index (χ1) is 49.7. The third-order valence-corrected chi connectivity index (χ3v) is 21.5. The molecule has 0 saturated heterocycles. The number of hydrogen-bond donors (Lipinski definition) is 3. The van der Waals surface area contributed by atoms with E-state index >= 15 is 0 Å². The quantitative estimate of drug-likeness (QED) is 0.0222. The Bertz CT molecular complexity index is 1990. The molecule has 0 aliphatic heterocycles. The highest BCUT2D eigenvalue weighted by atomic mass is 31.2. The van der Waals surface area contributed by atoms with Crippen LogP contribution >= 0.6 is 15.6 Å². The fourth-order valence-corrected chi connectivity index (χ4v) is 14.6. The second kappa shape index (κ2) is 74.2. The maximum Gasteiger partial charge on any atom is 0.472 e. The summed E-state index contributed by atoms with van der Waals surface area (Å²) in [7, 11) is -9.92. The molecule has 0 aliphatic carbocycles. The number of unbranched alkanes of at least 4 members (excludes halogenated alkanes) is 50. The van der Waals surface area contributed by atoms with Crippen LogP contribution in [0.2, 0.25) is 0 Å². The highest BCUT2D eigenvalue weighted by molar-refractivity contribution is 7.47. The minimum atomic E-state index is -4.96. The predicted octanol–water partition coefficient (Wildman–Crippen LogP) is 25.3. The zero-order valence-electron chi connectivity index (χ0n) is 67.8. The second-order valence-corrected chi connectivity index (χ2v) is 34.6. The zero-order chi connectivity index (χ0) is 75.8. The molecule has 0 aromatic carbocycles. The summed E-state index contributed by atoms with van der Waals surface area (Å²) in [6.07, 6.45) is 64.0. The van der Waals surface area contributed by atoms with Gasteiger partial charge in [-0.05, 0) is 43.4 Å². The maximum absolute atomic E-state index is 13.1. The number of carbonyl (C=O) groups is 4. The van der Waals surface area contributed by atoms with Gasteiger partial charge in [-0.2, -0.15) is 0 Å². The molecule has 0 aromatic rings. The Morgan fingerprint density at radius 2 is 0.447 bits per heavy atom. The van der Waals surface area contributed by atoms with Gasteiger partial charge in [0.25, 0.3) is 0 Å². The van der Waals surface area contributed by atoms with Gasteiger partial charge in [0.15, 0.2) is 12.2 Å². The fraction of sp³-hybridized carbons (Fsp3) is 0.952. The second-order valence-electron chi connectivity index (χ2n) is 31.6. The molecule has 0 amide bonds. The van der Waals surface area contributed by atoms with Crippen molar-refractivity contribution in [2.24, 2.45) is 17.8 Å². The lowest BCUT2D eigenvalue weighted by atomic mass is 10.0. The van der Waals surface area contributed by atoms with E-state index in [9.17, 15) is 43.2 Å². The van der Waals surface area contributed by atoms with Crippen LogP contribution in [0.5, 0.6) is 0 Å². The van der Waals surface area contributed by atoms with E-state index in [1.54, 1.807) is 0 Å². The van der Waals surface area contributed by atoms with Gasteiger partial charge in [-0.15, -0.1) is 0 Å². The Morgan fingerprint density at radius 3 is 0.660 bits per heavy atom. The molecule has 0 saturated carbocycles. The molecular weight excluding hydrogens is 1340 g/mol. The van der Waals surface area contributed by atoms with Crippen LogP contribution in [0.4, 0.5) is 0 Å². The van der Waals surface area contributed by atoms with Gasteiger partial charge >= 0.3 is 39.5 Å². The topological polar surface area (TPSA) is 237 Å². The van der Waals surface area contributed by atoms with Crippen LogP contribution in [0.25, 0.3) is 0 Å². The summed E-state index contributed by atoms with van der Waals surface area (Å²) in [5, 5.41) is 10.6. The Hall–Kier alpha value is -1.94. The molecule has 0 fully saturated rings. The molecule has 0 rings (SSSR count).